The van der Waals surface area contributed by atoms with E-state index in [-0.39, 0.29) is 11.8 Å². The predicted octanol–water partition coefficient (Wildman–Crippen LogP) is 2.80. The van der Waals surface area contributed by atoms with E-state index in [1.165, 1.54) is 0 Å². The molecular formula is C20H21ClN4O2. The van der Waals surface area contributed by atoms with E-state index in [1.54, 1.807) is 30.5 Å². The molecule has 0 atom stereocenters. The zero-order valence-electron chi connectivity index (χ0n) is 14.9. The minimum absolute atomic E-state index is 0.0669. The number of hydrogen-bond acceptors (Lipinski definition) is 4. The van der Waals surface area contributed by atoms with Crippen LogP contribution in [0.1, 0.15) is 12.8 Å². The highest BCUT2D eigenvalue weighted by molar-refractivity contribution is 6.31. The minimum Gasteiger partial charge on any atom is -0.353 e. The fourth-order valence-corrected chi connectivity index (χ4v) is 3.65. The van der Waals surface area contributed by atoms with E-state index in [9.17, 15) is 9.59 Å². The highest BCUT2D eigenvalue weighted by atomic mass is 35.5. The maximum atomic E-state index is 13.0. The normalized spacial score (nSPS) is 18.1. The molecular weight excluding hydrogens is 364 g/mol. The molecule has 1 N–H and O–H groups in total. The lowest BCUT2D eigenvalue weighted by atomic mass is 10.0. The molecule has 27 heavy (non-hydrogen) atoms. The Morgan fingerprint density at radius 3 is 2.44 bits per heavy atom. The first-order valence-electron chi connectivity index (χ1n) is 9.11. The fourth-order valence-electron chi connectivity index (χ4n) is 3.46. The van der Waals surface area contributed by atoms with Gasteiger partial charge in [0.25, 0.3) is 0 Å². The van der Waals surface area contributed by atoms with Crippen molar-refractivity contribution in [2.24, 2.45) is 5.41 Å². The first-order chi connectivity index (χ1) is 13.1. The van der Waals surface area contributed by atoms with E-state index in [2.05, 4.69) is 15.2 Å². The van der Waals surface area contributed by atoms with Crippen LogP contribution >= 0.6 is 11.6 Å². The third-order valence-corrected chi connectivity index (χ3v) is 5.45. The lowest BCUT2D eigenvalue weighted by molar-refractivity contribution is -0.142. The van der Waals surface area contributed by atoms with Crippen molar-refractivity contribution >= 4 is 34.9 Å². The summed E-state index contributed by atoms with van der Waals surface area (Å²) in [4.78, 5) is 34.1. The van der Waals surface area contributed by atoms with Crippen LogP contribution in [0.2, 0.25) is 5.02 Å². The summed E-state index contributed by atoms with van der Waals surface area (Å²) in [6.45, 7) is 2.63. The zero-order chi connectivity index (χ0) is 18.9. The van der Waals surface area contributed by atoms with Crippen LogP contribution in [0.4, 0.5) is 11.5 Å². The molecule has 1 aliphatic carbocycles. The highest BCUT2D eigenvalue weighted by Crippen LogP contribution is 2.48. The van der Waals surface area contributed by atoms with Gasteiger partial charge in [-0.3, -0.25) is 9.59 Å². The average Bonchev–Trinajstić information content (AvgIpc) is 3.50. The number of halogens is 1. The van der Waals surface area contributed by atoms with Crippen LogP contribution in [0.5, 0.6) is 0 Å². The van der Waals surface area contributed by atoms with Crippen LogP contribution in [0, 0.1) is 5.41 Å². The largest absolute Gasteiger partial charge is 0.353 e. The van der Waals surface area contributed by atoms with Crippen molar-refractivity contribution < 1.29 is 9.59 Å². The molecule has 2 aromatic rings. The van der Waals surface area contributed by atoms with E-state index in [0.717, 1.165) is 18.9 Å². The highest BCUT2D eigenvalue weighted by Gasteiger charge is 2.58. The molecule has 6 nitrogen and oxygen atoms in total. The predicted molar refractivity (Wildman–Crippen MR) is 105 cm³/mol. The van der Waals surface area contributed by atoms with Crippen molar-refractivity contribution in [1.29, 1.82) is 0 Å². The van der Waals surface area contributed by atoms with Gasteiger partial charge in [-0.15, -0.1) is 0 Å². The molecule has 1 saturated carbocycles. The van der Waals surface area contributed by atoms with E-state index >= 15 is 0 Å². The Bertz CT molecular complexity index is 846. The van der Waals surface area contributed by atoms with Gasteiger partial charge in [-0.05, 0) is 43.2 Å². The Morgan fingerprint density at radius 1 is 1.04 bits per heavy atom. The quantitative estimate of drug-likeness (QED) is 0.823. The maximum absolute atomic E-state index is 13.0. The Balaban J connectivity index is 1.38. The van der Waals surface area contributed by atoms with Gasteiger partial charge >= 0.3 is 0 Å². The minimum atomic E-state index is -0.921. The number of nitrogens with zero attached hydrogens (tertiary/aromatic N) is 3. The summed E-state index contributed by atoms with van der Waals surface area (Å²) in [7, 11) is 0. The molecule has 2 heterocycles. The third kappa shape index (κ3) is 3.62. The summed E-state index contributed by atoms with van der Waals surface area (Å²) in [5, 5.41) is 3.40. The number of piperazine rings is 1. The van der Waals surface area contributed by atoms with Crippen molar-refractivity contribution in [1.82, 2.24) is 9.88 Å². The smallest absolute Gasteiger partial charge is 0.240 e. The molecule has 2 aliphatic rings. The van der Waals surface area contributed by atoms with Crippen molar-refractivity contribution in [2.75, 3.05) is 36.4 Å². The van der Waals surface area contributed by atoms with Crippen LogP contribution in [-0.2, 0) is 9.59 Å². The second-order valence-electron chi connectivity index (χ2n) is 7.01. The molecule has 4 rings (SSSR count). The second kappa shape index (κ2) is 7.19. The van der Waals surface area contributed by atoms with Crippen LogP contribution in [0.15, 0.2) is 48.7 Å². The molecule has 140 valence electrons. The van der Waals surface area contributed by atoms with Gasteiger partial charge in [-0.2, -0.15) is 0 Å². The number of aromatic nitrogens is 1. The lowest BCUT2D eigenvalue weighted by Gasteiger charge is -2.36. The summed E-state index contributed by atoms with van der Waals surface area (Å²) in [6, 6.07) is 12.8. The van der Waals surface area contributed by atoms with Gasteiger partial charge in [0.15, 0.2) is 0 Å². The maximum Gasteiger partial charge on any atom is 0.240 e. The average molecular weight is 385 g/mol. The van der Waals surface area contributed by atoms with Gasteiger partial charge in [0, 0.05) is 43.1 Å². The number of amides is 2. The van der Waals surface area contributed by atoms with E-state index in [1.807, 2.05) is 23.1 Å². The number of nitrogens with one attached hydrogen (secondary N) is 1. The van der Waals surface area contributed by atoms with Gasteiger partial charge in [-0.25, -0.2) is 4.98 Å². The Labute approximate surface area is 163 Å². The molecule has 1 aliphatic heterocycles. The van der Waals surface area contributed by atoms with Crippen molar-refractivity contribution in [2.45, 2.75) is 12.8 Å². The second-order valence-corrected chi connectivity index (χ2v) is 7.45. The molecule has 1 saturated heterocycles. The van der Waals surface area contributed by atoms with Gasteiger partial charge in [0.2, 0.25) is 11.8 Å². The summed E-state index contributed by atoms with van der Waals surface area (Å²) in [5.41, 5.74) is -0.304. The van der Waals surface area contributed by atoms with Crippen LogP contribution in [0.25, 0.3) is 0 Å². The molecule has 0 bridgehead atoms. The van der Waals surface area contributed by atoms with Gasteiger partial charge in [-0.1, -0.05) is 23.7 Å². The SMILES string of the molecule is O=C(Nc1cccc(Cl)c1)C1(C(=O)N2CCN(c3ccccn3)CC2)CC1. The number of carbonyl (C=O) groups is 2. The summed E-state index contributed by atoms with van der Waals surface area (Å²) in [5.74, 6) is 0.619. The lowest BCUT2D eigenvalue weighted by Crippen LogP contribution is -2.52. The topological polar surface area (TPSA) is 65.5 Å². The van der Waals surface area contributed by atoms with Crippen LogP contribution < -0.4 is 10.2 Å². The molecule has 2 fully saturated rings. The Morgan fingerprint density at radius 2 is 1.81 bits per heavy atom. The van der Waals surface area contributed by atoms with Gasteiger partial charge < -0.3 is 15.1 Å². The molecule has 2 amide bonds. The van der Waals surface area contributed by atoms with Crippen LogP contribution in [0.3, 0.4) is 0 Å². The number of pyridine rings is 1. The third-order valence-electron chi connectivity index (χ3n) is 5.22. The molecule has 1 aromatic heterocycles. The molecule has 0 radical (unpaired) electrons. The summed E-state index contributed by atoms with van der Waals surface area (Å²) in [6.07, 6.45) is 2.96. The summed E-state index contributed by atoms with van der Waals surface area (Å²) >= 11 is 5.97. The number of rotatable bonds is 4. The molecule has 1 aromatic carbocycles. The van der Waals surface area contributed by atoms with Crippen molar-refractivity contribution in [3.8, 4) is 0 Å². The van der Waals surface area contributed by atoms with Crippen molar-refractivity contribution in [3.05, 3.63) is 53.7 Å². The van der Waals surface area contributed by atoms with E-state index < -0.39 is 5.41 Å². The van der Waals surface area contributed by atoms with E-state index in [0.29, 0.717) is 36.6 Å². The zero-order valence-corrected chi connectivity index (χ0v) is 15.7. The summed E-state index contributed by atoms with van der Waals surface area (Å²) < 4.78 is 0. The first kappa shape index (κ1) is 17.8. The van der Waals surface area contributed by atoms with Gasteiger partial charge in [0.1, 0.15) is 11.2 Å². The Hall–Kier alpha value is -2.60. The van der Waals surface area contributed by atoms with Crippen molar-refractivity contribution in [3.63, 3.8) is 0 Å². The Kier molecular flexibility index (Phi) is 4.74. The monoisotopic (exact) mass is 384 g/mol. The number of hydrogen-bond donors (Lipinski definition) is 1. The molecule has 0 unspecified atom stereocenters. The van der Waals surface area contributed by atoms with Gasteiger partial charge in [0.05, 0.1) is 0 Å². The molecule has 0 spiro atoms. The van der Waals surface area contributed by atoms with E-state index in [4.69, 9.17) is 11.6 Å². The molecule has 7 heteroatoms. The standard InChI is InChI=1S/C20H21ClN4O2/c21-15-4-3-5-16(14-15)23-18(26)20(7-8-20)19(27)25-12-10-24(11-13-25)17-6-1-2-9-22-17/h1-6,9,14H,7-8,10-13H2,(H,23,26). The number of carbonyl (C=O) groups excluding carboxylic acids is 2. The first-order valence-corrected chi connectivity index (χ1v) is 9.49. The number of benzene rings is 1. The van der Waals surface area contributed by atoms with Crippen LogP contribution in [-0.4, -0.2) is 47.9 Å². The fraction of sp³-hybridized carbons (Fsp3) is 0.350. The number of anilines is 2.